The van der Waals surface area contributed by atoms with E-state index in [4.69, 9.17) is 17.3 Å². The Bertz CT molecular complexity index is 552. The average Bonchev–Trinajstić information content (AvgIpc) is 2.71. The van der Waals surface area contributed by atoms with Crippen LogP contribution >= 0.6 is 24.0 Å². The second-order valence-corrected chi connectivity index (χ2v) is 6.15. The van der Waals surface area contributed by atoms with Gasteiger partial charge in [-0.25, -0.2) is 0 Å². The van der Waals surface area contributed by atoms with Crippen LogP contribution in [0.25, 0.3) is 0 Å². The third-order valence-electron chi connectivity index (χ3n) is 3.70. The van der Waals surface area contributed by atoms with Crippen molar-refractivity contribution in [1.29, 1.82) is 0 Å². The molecule has 0 saturated carbocycles. The molecule has 0 aliphatic carbocycles. The molecule has 0 radical (unpaired) electrons. The van der Waals surface area contributed by atoms with Gasteiger partial charge in [0.1, 0.15) is 0 Å². The Morgan fingerprint density at radius 3 is 2.52 bits per heavy atom. The van der Waals surface area contributed by atoms with Crippen molar-refractivity contribution in [2.45, 2.75) is 25.8 Å². The predicted octanol–water partition coefficient (Wildman–Crippen LogP) is 2.17. The molecule has 1 aromatic rings. The van der Waals surface area contributed by atoms with Gasteiger partial charge in [0.15, 0.2) is 0 Å². The van der Waals surface area contributed by atoms with Gasteiger partial charge in [0.2, 0.25) is 5.91 Å². The highest BCUT2D eigenvalue weighted by molar-refractivity contribution is 6.30. The fourth-order valence-corrected chi connectivity index (χ4v) is 2.77. The number of hydrogen-bond acceptors (Lipinski definition) is 3. The fourth-order valence-electron chi connectivity index (χ4n) is 2.58. The van der Waals surface area contributed by atoms with Crippen molar-refractivity contribution in [2.24, 2.45) is 5.73 Å². The first kappa shape index (κ1) is 19.7. The van der Waals surface area contributed by atoms with Gasteiger partial charge >= 0.3 is 0 Å². The lowest BCUT2D eigenvalue weighted by Gasteiger charge is -2.23. The van der Waals surface area contributed by atoms with Crippen LogP contribution in [0.15, 0.2) is 24.3 Å². The molecule has 1 unspecified atom stereocenters. The summed E-state index contributed by atoms with van der Waals surface area (Å²) in [4.78, 5) is 28.2. The van der Waals surface area contributed by atoms with Crippen molar-refractivity contribution in [3.63, 3.8) is 0 Å². The van der Waals surface area contributed by atoms with Crippen LogP contribution in [0.1, 0.15) is 30.1 Å². The summed E-state index contributed by atoms with van der Waals surface area (Å²) in [6.07, 6.45) is 1.12. The molecule has 1 aromatic carbocycles. The van der Waals surface area contributed by atoms with E-state index >= 15 is 0 Å². The number of halogens is 2. The number of nitrogens with two attached hydrogens (primary N) is 1. The van der Waals surface area contributed by atoms with Crippen molar-refractivity contribution >= 4 is 35.8 Å². The highest BCUT2D eigenvalue weighted by Gasteiger charge is 2.23. The molecule has 2 rings (SSSR count). The molecule has 7 heteroatoms. The van der Waals surface area contributed by atoms with Gasteiger partial charge in [-0.2, -0.15) is 0 Å². The van der Waals surface area contributed by atoms with Gasteiger partial charge in [0, 0.05) is 49.2 Å². The zero-order valence-corrected chi connectivity index (χ0v) is 14.8. The minimum atomic E-state index is -0.139. The highest BCUT2D eigenvalue weighted by Crippen LogP contribution is 2.14. The molecule has 1 fully saturated rings. The molecule has 2 N–H and O–H groups in total. The Labute approximate surface area is 148 Å². The summed E-state index contributed by atoms with van der Waals surface area (Å²) < 4.78 is 0. The molecule has 23 heavy (non-hydrogen) atoms. The Morgan fingerprint density at radius 2 is 1.87 bits per heavy atom. The molecule has 128 valence electrons. The number of carbonyl (C=O) groups is 2. The van der Waals surface area contributed by atoms with Gasteiger partial charge in [-0.15, -0.1) is 12.4 Å². The molecule has 1 saturated heterocycles. The van der Waals surface area contributed by atoms with Gasteiger partial charge < -0.3 is 15.5 Å². The van der Waals surface area contributed by atoms with Crippen molar-refractivity contribution < 1.29 is 9.59 Å². The summed E-state index contributed by atoms with van der Waals surface area (Å²) in [5.74, 6) is 0.0241. The van der Waals surface area contributed by atoms with E-state index in [9.17, 15) is 9.59 Å². The molecule has 0 bridgehead atoms. The molecule has 2 amide bonds. The molecule has 0 spiro atoms. The molecule has 1 aliphatic heterocycles. The summed E-state index contributed by atoms with van der Waals surface area (Å²) in [5, 5.41) is 0.550. The van der Waals surface area contributed by atoms with E-state index in [1.165, 1.54) is 0 Å². The number of nitrogens with zero attached hydrogens (tertiary/aromatic N) is 2. The van der Waals surface area contributed by atoms with Crippen LogP contribution < -0.4 is 5.73 Å². The van der Waals surface area contributed by atoms with E-state index in [0.29, 0.717) is 43.2 Å². The zero-order chi connectivity index (χ0) is 16.1. The van der Waals surface area contributed by atoms with Crippen LogP contribution in [0.2, 0.25) is 5.02 Å². The summed E-state index contributed by atoms with van der Waals surface area (Å²) in [6.45, 7) is 4.23. The summed E-state index contributed by atoms with van der Waals surface area (Å²) >= 11 is 5.94. The van der Waals surface area contributed by atoms with Crippen LogP contribution in [0.5, 0.6) is 0 Å². The predicted molar refractivity (Wildman–Crippen MR) is 94.1 cm³/mol. The summed E-state index contributed by atoms with van der Waals surface area (Å²) in [7, 11) is 0. The maximum atomic E-state index is 12.5. The van der Waals surface area contributed by atoms with Gasteiger partial charge in [0.05, 0.1) is 0 Å². The normalized spacial score (nSPS) is 16.3. The van der Waals surface area contributed by atoms with Gasteiger partial charge in [-0.05, 0) is 31.5 Å². The van der Waals surface area contributed by atoms with Crippen LogP contribution in [0.3, 0.4) is 0 Å². The molecular formula is C16H23Cl2N3O2. The monoisotopic (exact) mass is 359 g/mol. The highest BCUT2D eigenvalue weighted by atomic mass is 35.5. The Morgan fingerprint density at radius 1 is 1.22 bits per heavy atom. The van der Waals surface area contributed by atoms with E-state index in [2.05, 4.69) is 0 Å². The lowest BCUT2D eigenvalue weighted by Crippen LogP contribution is -2.39. The standard InChI is InChI=1S/C16H22ClN3O2.ClH/c1-12(18)10-15(21)19-6-3-7-20(9-8-19)16(22)13-4-2-5-14(17)11-13;/h2,4-5,11-12H,3,6-10,18H2,1H3;1H. The quantitative estimate of drug-likeness (QED) is 0.899. The van der Waals surface area contributed by atoms with Crippen LogP contribution in [0.4, 0.5) is 0 Å². The number of benzene rings is 1. The van der Waals surface area contributed by atoms with Gasteiger partial charge in [-0.1, -0.05) is 17.7 Å². The minimum absolute atomic E-state index is 0. The maximum Gasteiger partial charge on any atom is 0.253 e. The molecule has 1 aliphatic rings. The summed E-state index contributed by atoms with van der Waals surface area (Å²) in [5.41, 5.74) is 6.27. The molecule has 5 nitrogen and oxygen atoms in total. The zero-order valence-electron chi connectivity index (χ0n) is 13.2. The molecular weight excluding hydrogens is 337 g/mol. The average molecular weight is 360 g/mol. The van der Waals surface area contributed by atoms with Crippen LogP contribution in [-0.4, -0.2) is 53.8 Å². The minimum Gasteiger partial charge on any atom is -0.341 e. The third kappa shape index (κ3) is 5.68. The third-order valence-corrected chi connectivity index (χ3v) is 3.94. The van der Waals surface area contributed by atoms with Crippen molar-refractivity contribution in [2.75, 3.05) is 26.2 Å². The maximum absolute atomic E-state index is 12.5. The topological polar surface area (TPSA) is 66.6 Å². The Kier molecular flexibility index (Phi) is 7.82. The number of amides is 2. The van der Waals surface area contributed by atoms with Gasteiger partial charge in [-0.3, -0.25) is 9.59 Å². The SMILES string of the molecule is CC(N)CC(=O)N1CCCN(C(=O)c2cccc(Cl)c2)CC1.Cl. The van der Waals surface area contributed by atoms with E-state index < -0.39 is 0 Å². The Balaban J connectivity index is 0.00000264. The summed E-state index contributed by atoms with van der Waals surface area (Å²) in [6, 6.07) is 6.81. The van der Waals surface area contributed by atoms with E-state index in [1.54, 1.807) is 34.1 Å². The van der Waals surface area contributed by atoms with E-state index in [-0.39, 0.29) is 30.3 Å². The molecule has 0 aromatic heterocycles. The smallest absolute Gasteiger partial charge is 0.253 e. The fraction of sp³-hybridized carbons (Fsp3) is 0.500. The number of carbonyl (C=O) groups excluding carboxylic acids is 2. The first-order valence-electron chi connectivity index (χ1n) is 7.55. The van der Waals surface area contributed by atoms with E-state index in [1.807, 2.05) is 6.92 Å². The lowest BCUT2D eigenvalue weighted by atomic mass is 10.2. The first-order chi connectivity index (χ1) is 10.5. The van der Waals surface area contributed by atoms with Crippen LogP contribution in [0, 0.1) is 0 Å². The van der Waals surface area contributed by atoms with Gasteiger partial charge in [0.25, 0.3) is 5.91 Å². The second-order valence-electron chi connectivity index (χ2n) is 5.72. The lowest BCUT2D eigenvalue weighted by molar-refractivity contribution is -0.131. The van der Waals surface area contributed by atoms with Crippen molar-refractivity contribution in [1.82, 2.24) is 9.80 Å². The van der Waals surface area contributed by atoms with E-state index in [0.717, 1.165) is 6.42 Å². The Hall–Kier alpha value is -1.30. The second kappa shape index (κ2) is 9.11. The number of hydrogen-bond donors (Lipinski definition) is 1. The molecule has 1 atom stereocenters. The van der Waals surface area contributed by atoms with Crippen molar-refractivity contribution in [3.05, 3.63) is 34.9 Å². The largest absolute Gasteiger partial charge is 0.341 e. The van der Waals surface area contributed by atoms with Crippen molar-refractivity contribution in [3.8, 4) is 0 Å². The number of rotatable bonds is 3. The molecule has 1 heterocycles. The van der Waals surface area contributed by atoms with Crippen LogP contribution in [-0.2, 0) is 4.79 Å². The first-order valence-corrected chi connectivity index (χ1v) is 7.93.